The van der Waals surface area contributed by atoms with Crippen LogP contribution in [0.15, 0.2) is 27.1 Å². The minimum absolute atomic E-state index is 0.0608. The van der Waals surface area contributed by atoms with Crippen LogP contribution in [-0.4, -0.2) is 60.1 Å². The number of piperazine rings is 1. The monoisotopic (exact) mass is 390 g/mol. The number of hydrogen-bond donors (Lipinski definition) is 1. The van der Waals surface area contributed by atoms with Crippen LogP contribution < -0.4 is 0 Å². The standard InChI is InChI=1S/C13H16Br2N2O2/c14-11-7-10(8-12(15)9-11)13(19)17-3-1-16(2-4-17)5-6-18/h7-9,18H,1-6H2. The fourth-order valence-electron chi connectivity index (χ4n) is 2.18. The van der Waals surface area contributed by atoms with Gasteiger partial charge in [0.2, 0.25) is 0 Å². The summed E-state index contributed by atoms with van der Waals surface area (Å²) < 4.78 is 1.79. The molecule has 0 aliphatic carbocycles. The second kappa shape index (κ2) is 6.83. The summed E-state index contributed by atoms with van der Waals surface area (Å²) in [6.45, 7) is 3.92. The van der Waals surface area contributed by atoms with Crippen molar-refractivity contribution in [1.29, 1.82) is 0 Å². The Bertz CT molecular complexity index is 440. The summed E-state index contributed by atoms with van der Waals surface area (Å²) in [5.41, 5.74) is 0.692. The van der Waals surface area contributed by atoms with E-state index in [0.717, 1.165) is 22.0 Å². The highest BCUT2D eigenvalue weighted by molar-refractivity contribution is 9.11. The molecule has 1 saturated heterocycles. The van der Waals surface area contributed by atoms with Gasteiger partial charge in [0, 0.05) is 47.2 Å². The van der Waals surface area contributed by atoms with Gasteiger partial charge < -0.3 is 10.0 Å². The molecule has 0 unspecified atom stereocenters. The molecule has 0 bridgehead atoms. The van der Waals surface area contributed by atoms with E-state index >= 15 is 0 Å². The number of hydrogen-bond acceptors (Lipinski definition) is 3. The topological polar surface area (TPSA) is 43.8 Å². The number of carbonyl (C=O) groups is 1. The van der Waals surface area contributed by atoms with Crippen molar-refractivity contribution >= 4 is 37.8 Å². The van der Waals surface area contributed by atoms with Gasteiger partial charge in [0.15, 0.2) is 0 Å². The number of halogens is 2. The maximum Gasteiger partial charge on any atom is 0.254 e. The second-order valence-corrected chi connectivity index (χ2v) is 6.35. The van der Waals surface area contributed by atoms with Gasteiger partial charge in [-0.1, -0.05) is 31.9 Å². The summed E-state index contributed by atoms with van der Waals surface area (Å²) in [5.74, 6) is 0.0608. The predicted octanol–water partition coefficient (Wildman–Crippen LogP) is 1.96. The average molecular weight is 392 g/mol. The summed E-state index contributed by atoms with van der Waals surface area (Å²) >= 11 is 6.80. The van der Waals surface area contributed by atoms with Crippen molar-refractivity contribution < 1.29 is 9.90 Å². The third kappa shape index (κ3) is 4.02. The van der Waals surface area contributed by atoms with Crippen LogP contribution >= 0.6 is 31.9 Å². The summed E-state index contributed by atoms with van der Waals surface area (Å²) in [4.78, 5) is 16.4. The number of benzene rings is 1. The zero-order valence-electron chi connectivity index (χ0n) is 10.5. The van der Waals surface area contributed by atoms with Gasteiger partial charge in [-0.15, -0.1) is 0 Å². The van der Waals surface area contributed by atoms with Gasteiger partial charge in [0.1, 0.15) is 0 Å². The van der Waals surface area contributed by atoms with Crippen molar-refractivity contribution in [3.63, 3.8) is 0 Å². The molecular weight excluding hydrogens is 376 g/mol. The van der Waals surface area contributed by atoms with Crippen LogP contribution in [0.5, 0.6) is 0 Å². The quantitative estimate of drug-likeness (QED) is 0.856. The fraction of sp³-hybridized carbons (Fsp3) is 0.462. The molecule has 1 aliphatic heterocycles. The molecule has 0 spiro atoms. The van der Waals surface area contributed by atoms with Crippen molar-refractivity contribution in [1.82, 2.24) is 9.80 Å². The molecule has 0 atom stereocenters. The van der Waals surface area contributed by atoms with E-state index in [4.69, 9.17) is 5.11 Å². The van der Waals surface area contributed by atoms with E-state index in [-0.39, 0.29) is 12.5 Å². The van der Waals surface area contributed by atoms with E-state index in [1.807, 2.05) is 23.1 Å². The summed E-state index contributed by atoms with van der Waals surface area (Å²) in [6, 6.07) is 5.59. The minimum Gasteiger partial charge on any atom is -0.395 e. The molecule has 104 valence electrons. The first-order chi connectivity index (χ1) is 9.10. The molecule has 1 N–H and O–H groups in total. The number of β-amino-alcohol motifs (C(OH)–C–C–N with tert-alkyl or cyclic N) is 1. The van der Waals surface area contributed by atoms with E-state index in [1.165, 1.54) is 0 Å². The second-order valence-electron chi connectivity index (χ2n) is 4.52. The molecule has 1 fully saturated rings. The van der Waals surface area contributed by atoms with Gasteiger partial charge in [0.25, 0.3) is 5.91 Å². The fourth-order valence-corrected chi connectivity index (χ4v) is 3.47. The summed E-state index contributed by atoms with van der Waals surface area (Å²) in [5, 5.41) is 8.90. The van der Waals surface area contributed by atoms with E-state index < -0.39 is 0 Å². The lowest BCUT2D eigenvalue weighted by atomic mass is 10.2. The van der Waals surface area contributed by atoms with Crippen LogP contribution in [0.1, 0.15) is 10.4 Å². The van der Waals surface area contributed by atoms with Gasteiger partial charge in [0.05, 0.1) is 6.61 Å². The molecule has 2 rings (SSSR count). The van der Waals surface area contributed by atoms with Crippen LogP contribution in [-0.2, 0) is 0 Å². The van der Waals surface area contributed by atoms with E-state index in [1.54, 1.807) is 0 Å². The Morgan fingerprint density at radius 3 is 2.21 bits per heavy atom. The molecule has 1 aliphatic rings. The molecule has 1 heterocycles. The third-order valence-electron chi connectivity index (χ3n) is 3.19. The number of aliphatic hydroxyl groups is 1. The van der Waals surface area contributed by atoms with Crippen molar-refractivity contribution in [2.24, 2.45) is 0 Å². The van der Waals surface area contributed by atoms with Gasteiger partial charge in [-0.05, 0) is 18.2 Å². The van der Waals surface area contributed by atoms with E-state index in [0.29, 0.717) is 25.2 Å². The average Bonchev–Trinajstić information content (AvgIpc) is 2.38. The van der Waals surface area contributed by atoms with Crippen LogP contribution in [0, 0.1) is 0 Å². The molecule has 1 amide bonds. The molecule has 1 aromatic carbocycles. The first-order valence-electron chi connectivity index (χ1n) is 6.19. The molecule has 6 heteroatoms. The smallest absolute Gasteiger partial charge is 0.254 e. The number of amides is 1. The highest BCUT2D eigenvalue weighted by Gasteiger charge is 2.22. The number of carbonyl (C=O) groups excluding carboxylic acids is 1. The molecule has 0 radical (unpaired) electrons. The van der Waals surface area contributed by atoms with Crippen LogP contribution in [0.25, 0.3) is 0 Å². The largest absolute Gasteiger partial charge is 0.395 e. The molecule has 1 aromatic rings. The molecule has 0 saturated carbocycles. The van der Waals surface area contributed by atoms with Gasteiger partial charge in [-0.2, -0.15) is 0 Å². The lowest BCUT2D eigenvalue weighted by Gasteiger charge is -2.34. The van der Waals surface area contributed by atoms with Gasteiger partial charge >= 0.3 is 0 Å². The lowest BCUT2D eigenvalue weighted by Crippen LogP contribution is -2.49. The van der Waals surface area contributed by atoms with Crippen molar-refractivity contribution in [3.05, 3.63) is 32.7 Å². The minimum atomic E-state index is 0.0608. The van der Waals surface area contributed by atoms with Crippen LogP contribution in [0.4, 0.5) is 0 Å². The number of nitrogens with zero attached hydrogens (tertiary/aromatic N) is 2. The Morgan fingerprint density at radius 2 is 1.68 bits per heavy atom. The van der Waals surface area contributed by atoms with Gasteiger partial charge in [-0.25, -0.2) is 0 Å². The number of rotatable bonds is 3. The maximum absolute atomic E-state index is 12.4. The molecule has 0 aromatic heterocycles. The zero-order chi connectivity index (χ0) is 13.8. The van der Waals surface area contributed by atoms with Crippen molar-refractivity contribution in [2.75, 3.05) is 39.3 Å². The molecular formula is C13H16Br2N2O2. The van der Waals surface area contributed by atoms with E-state index in [2.05, 4.69) is 36.8 Å². The number of aliphatic hydroxyl groups excluding tert-OH is 1. The normalized spacial score (nSPS) is 16.7. The van der Waals surface area contributed by atoms with E-state index in [9.17, 15) is 4.79 Å². The Balaban J connectivity index is 2.01. The Morgan fingerprint density at radius 1 is 1.11 bits per heavy atom. The van der Waals surface area contributed by atoms with Gasteiger partial charge in [-0.3, -0.25) is 9.69 Å². The predicted molar refractivity (Wildman–Crippen MR) is 81.3 cm³/mol. The molecule has 4 nitrogen and oxygen atoms in total. The lowest BCUT2D eigenvalue weighted by molar-refractivity contribution is 0.0615. The highest BCUT2D eigenvalue weighted by atomic mass is 79.9. The molecule has 19 heavy (non-hydrogen) atoms. The first kappa shape index (κ1) is 15.0. The summed E-state index contributed by atoms with van der Waals surface area (Å²) in [7, 11) is 0. The SMILES string of the molecule is O=C(c1cc(Br)cc(Br)c1)N1CCN(CCO)CC1. The Kier molecular flexibility index (Phi) is 5.38. The van der Waals surface area contributed by atoms with Crippen molar-refractivity contribution in [3.8, 4) is 0 Å². The zero-order valence-corrected chi connectivity index (χ0v) is 13.7. The van der Waals surface area contributed by atoms with Crippen LogP contribution in [0.2, 0.25) is 0 Å². The van der Waals surface area contributed by atoms with Crippen LogP contribution in [0.3, 0.4) is 0 Å². The Labute approximate surface area is 129 Å². The van der Waals surface area contributed by atoms with Crippen molar-refractivity contribution in [2.45, 2.75) is 0 Å². The maximum atomic E-state index is 12.4. The third-order valence-corrected chi connectivity index (χ3v) is 4.10. The summed E-state index contributed by atoms with van der Waals surface area (Å²) in [6.07, 6.45) is 0. The first-order valence-corrected chi connectivity index (χ1v) is 7.77. The Hall–Kier alpha value is -0.430. The highest BCUT2D eigenvalue weighted by Crippen LogP contribution is 2.21.